The monoisotopic (exact) mass is 411 g/mol. The van der Waals surface area contributed by atoms with Crippen LogP contribution in [0.2, 0.25) is 0 Å². The van der Waals surface area contributed by atoms with Crippen LogP contribution < -0.4 is 0 Å². The number of piperidine rings is 1. The Balaban J connectivity index is 2.22. The van der Waals surface area contributed by atoms with Crippen LogP contribution in [0, 0.1) is 8.99 Å². The van der Waals surface area contributed by atoms with Crippen molar-refractivity contribution in [2.75, 3.05) is 13.1 Å². The minimum absolute atomic E-state index is 0.119. The third-order valence-electron chi connectivity index (χ3n) is 3.88. The first kappa shape index (κ1) is 16.6. The van der Waals surface area contributed by atoms with Gasteiger partial charge in [-0.2, -0.15) is 13.2 Å². The lowest BCUT2D eigenvalue weighted by molar-refractivity contribution is -0.137. The summed E-state index contributed by atoms with van der Waals surface area (Å²) in [5.41, 5.74) is -0.456. The lowest BCUT2D eigenvalue weighted by atomic mass is 9.82. The van der Waals surface area contributed by atoms with Crippen molar-refractivity contribution in [3.63, 3.8) is 0 Å². The molecule has 6 heteroatoms. The van der Waals surface area contributed by atoms with Gasteiger partial charge in [-0.15, -0.1) is 0 Å². The molecule has 1 amide bonds. The molecule has 0 atom stereocenters. The first-order chi connectivity index (χ1) is 9.58. The van der Waals surface area contributed by atoms with E-state index in [2.05, 4.69) is 13.8 Å². The predicted molar refractivity (Wildman–Crippen MR) is 83.1 cm³/mol. The van der Waals surface area contributed by atoms with E-state index in [1.807, 2.05) is 22.6 Å². The van der Waals surface area contributed by atoms with Crippen molar-refractivity contribution in [2.24, 2.45) is 5.41 Å². The quantitative estimate of drug-likeness (QED) is 0.620. The molecule has 0 bridgehead atoms. The first-order valence-corrected chi connectivity index (χ1v) is 7.83. The maximum Gasteiger partial charge on any atom is 0.416 e. The molecule has 116 valence electrons. The summed E-state index contributed by atoms with van der Waals surface area (Å²) in [4.78, 5) is 14.0. The zero-order valence-electron chi connectivity index (χ0n) is 11.9. The second kappa shape index (κ2) is 5.78. The van der Waals surface area contributed by atoms with Crippen LogP contribution in [-0.2, 0) is 6.18 Å². The Kier molecular flexibility index (Phi) is 4.56. The number of amides is 1. The molecule has 0 saturated carbocycles. The summed E-state index contributed by atoms with van der Waals surface area (Å²) < 4.78 is 38.9. The van der Waals surface area contributed by atoms with E-state index >= 15 is 0 Å². The molecule has 0 radical (unpaired) electrons. The molecule has 21 heavy (non-hydrogen) atoms. The fraction of sp³-hybridized carbons (Fsp3) is 0.533. The van der Waals surface area contributed by atoms with Crippen LogP contribution in [0.5, 0.6) is 0 Å². The number of hydrogen-bond acceptors (Lipinski definition) is 1. The molecule has 0 aliphatic carbocycles. The first-order valence-electron chi connectivity index (χ1n) is 6.76. The van der Waals surface area contributed by atoms with Gasteiger partial charge in [-0.3, -0.25) is 4.79 Å². The van der Waals surface area contributed by atoms with Gasteiger partial charge < -0.3 is 4.90 Å². The highest BCUT2D eigenvalue weighted by Crippen LogP contribution is 2.33. The number of carbonyl (C=O) groups is 1. The van der Waals surface area contributed by atoms with Gasteiger partial charge in [0, 0.05) is 22.2 Å². The molecule has 1 saturated heterocycles. The van der Waals surface area contributed by atoms with Crippen LogP contribution >= 0.6 is 22.6 Å². The fourth-order valence-electron chi connectivity index (χ4n) is 2.37. The number of benzene rings is 1. The number of likely N-dealkylation sites (tertiary alicyclic amines) is 1. The molecule has 0 unspecified atom stereocenters. The van der Waals surface area contributed by atoms with E-state index in [1.165, 1.54) is 6.07 Å². The second-order valence-electron chi connectivity index (χ2n) is 6.18. The standard InChI is InChI=1S/C15H17F3INO/c1-14(2)3-5-20(6-4-14)13(21)10-7-11(15(16,17)18)9-12(19)8-10/h7-9H,3-6H2,1-2H3. The van der Waals surface area contributed by atoms with Crippen molar-refractivity contribution < 1.29 is 18.0 Å². The smallest absolute Gasteiger partial charge is 0.339 e. The molecular weight excluding hydrogens is 394 g/mol. The maximum absolute atomic E-state index is 12.8. The highest BCUT2D eigenvalue weighted by molar-refractivity contribution is 14.1. The van der Waals surface area contributed by atoms with Gasteiger partial charge in [0.1, 0.15) is 0 Å². The zero-order valence-corrected chi connectivity index (χ0v) is 14.1. The van der Waals surface area contributed by atoms with Crippen molar-refractivity contribution >= 4 is 28.5 Å². The molecule has 1 fully saturated rings. The third-order valence-corrected chi connectivity index (χ3v) is 4.50. The highest BCUT2D eigenvalue weighted by Gasteiger charge is 2.33. The molecule has 0 spiro atoms. The molecule has 1 aromatic rings. The van der Waals surface area contributed by atoms with Crippen molar-refractivity contribution in [2.45, 2.75) is 32.9 Å². The molecule has 0 N–H and O–H groups in total. The minimum Gasteiger partial charge on any atom is -0.339 e. The third kappa shape index (κ3) is 4.11. The summed E-state index contributed by atoms with van der Waals surface area (Å²) in [5.74, 6) is -0.311. The zero-order chi connectivity index (χ0) is 15.8. The predicted octanol–water partition coefficient (Wildman–Crippen LogP) is 4.57. The van der Waals surface area contributed by atoms with Crippen LogP contribution in [0.25, 0.3) is 0 Å². The van der Waals surface area contributed by atoms with Crippen molar-refractivity contribution in [1.29, 1.82) is 0 Å². The largest absolute Gasteiger partial charge is 0.416 e. The number of halogens is 4. The molecule has 1 aliphatic rings. The summed E-state index contributed by atoms with van der Waals surface area (Å²) in [6, 6.07) is 3.51. The van der Waals surface area contributed by atoms with Gasteiger partial charge in [-0.05, 0) is 59.0 Å². The normalized spacial score (nSPS) is 18.7. The Labute approximate surface area is 135 Å². The summed E-state index contributed by atoms with van der Waals surface area (Å²) >= 11 is 1.81. The van der Waals surface area contributed by atoms with Crippen molar-refractivity contribution in [3.8, 4) is 0 Å². The van der Waals surface area contributed by atoms with Gasteiger partial charge in [-0.1, -0.05) is 13.8 Å². The summed E-state index contributed by atoms with van der Waals surface area (Å²) in [6.07, 6.45) is -2.69. The van der Waals surface area contributed by atoms with Gasteiger partial charge in [-0.25, -0.2) is 0 Å². The van der Waals surface area contributed by atoms with Crippen LogP contribution in [0.4, 0.5) is 13.2 Å². The molecular formula is C15H17F3INO. The van der Waals surface area contributed by atoms with Crippen molar-refractivity contribution in [3.05, 3.63) is 32.9 Å². The van der Waals surface area contributed by atoms with Crippen LogP contribution in [-0.4, -0.2) is 23.9 Å². The number of hydrogen-bond donors (Lipinski definition) is 0. The Morgan fingerprint density at radius 2 is 1.76 bits per heavy atom. The molecule has 1 aromatic carbocycles. The number of alkyl halides is 3. The van der Waals surface area contributed by atoms with Crippen molar-refractivity contribution in [1.82, 2.24) is 4.90 Å². The Morgan fingerprint density at radius 1 is 1.19 bits per heavy atom. The van der Waals surface area contributed by atoms with E-state index in [9.17, 15) is 18.0 Å². The average molecular weight is 411 g/mol. The molecule has 2 rings (SSSR count). The fourth-order valence-corrected chi connectivity index (χ4v) is 3.05. The van der Waals surface area contributed by atoms with Gasteiger partial charge in [0.05, 0.1) is 5.56 Å². The number of rotatable bonds is 1. The minimum atomic E-state index is -4.43. The summed E-state index contributed by atoms with van der Waals surface area (Å²) in [7, 11) is 0. The topological polar surface area (TPSA) is 20.3 Å². The van der Waals surface area contributed by atoms with E-state index in [0.717, 1.165) is 25.0 Å². The van der Waals surface area contributed by atoms with E-state index in [4.69, 9.17) is 0 Å². The molecule has 1 aliphatic heterocycles. The Bertz CT molecular complexity index is 544. The average Bonchev–Trinajstić information content (AvgIpc) is 2.36. The summed E-state index contributed by atoms with van der Waals surface area (Å²) in [6.45, 7) is 5.47. The molecule has 2 nitrogen and oxygen atoms in total. The van der Waals surface area contributed by atoms with Gasteiger partial charge in [0.2, 0.25) is 0 Å². The highest BCUT2D eigenvalue weighted by atomic mass is 127. The molecule has 1 heterocycles. The van der Waals surface area contributed by atoms with Crippen LogP contribution in [0.15, 0.2) is 18.2 Å². The lowest BCUT2D eigenvalue weighted by Gasteiger charge is -2.37. The van der Waals surface area contributed by atoms with Crippen LogP contribution in [0.1, 0.15) is 42.6 Å². The van der Waals surface area contributed by atoms with E-state index < -0.39 is 11.7 Å². The van der Waals surface area contributed by atoms with Crippen LogP contribution in [0.3, 0.4) is 0 Å². The summed E-state index contributed by atoms with van der Waals surface area (Å²) in [5, 5.41) is 0. The molecule has 0 aromatic heterocycles. The van der Waals surface area contributed by atoms with E-state index in [-0.39, 0.29) is 16.9 Å². The van der Waals surface area contributed by atoms with Gasteiger partial charge in [0.25, 0.3) is 5.91 Å². The Hall–Kier alpha value is -0.790. The number of carbonyl (C=O) groups excluding carboxylic acids is 1. The Morgan fingerprint density at radius 3 is 2.29 bits per heavy atom. The van der Waals surface area contributed by atoms with E-state index in [1.54, 1.807) is 4.90 Å². The lowest BCUT2D eigenvalue weighted by Crippen LogP contribution is -2.41. The van der Waals surface area contributed by atoms with Gasteiger partial charge >= 0.3 is 6.18 Å². The van der Waals surface area contributed by atoms with Gasteiger partial charge in [0.15, 0.2) is 0 Å². The SMILES string of the molecule is CC1(C)CCN(C(=O)c2cc(I)cc(C(F)(F)F)c2)CC1. The maximum atomic E-state index is 12.8. The number of nitrogens with zero attached hydrogens (tertiary/aromatic N) is 1. The van der Waals surface area contributed by atoms with E-state index in [0.29, 0.717) is 16.7 Å². The second-order valence-corrected chi connectivity index (χ2v) is 7.43.